The maximum absolute atomic E-state index is 12.3. The molecule has 120 valence electrons. The van der Waals surface area contributed by atoms with Crippen molar-refractivity contribution in [2.24, 2.45) is 0 Å². The van der Waals surface area contributed by atoms with E-state index in [2.05, 4.69) is 15.3 Å². The van der Waals surface area contributed by atoms with E-state index in [-0.39, 0.29) is 0 Å². The molecule has 1 aromatic heterocycles. The second-order valence-electron chi connectivity index (χ2n) is 4.53. The number of aromatic nitrogens is 2. The van der Waals surface area contributed by atoms with E-state index in [4.69, 9.17) is 9.47 Å². The molecule has 0 amide bonds. The lowest BCUT2D eigenvalue weighted by Gasteiger charge is -2.14. The van der Waals surface area contributed by atoms with Gasteiger partial charge in [-0.3, -0.25) is 0 Å². The van der Waals surface area contributed by atoms with Gasteiger partial charge in [-0.1, -0.05) is 0 Å². The van der Waals surface area contributed by atoms with Crippen molar-refractivity contribution >= 4 is 16.9 Å². The van der Waals surface area contributed by atoms with E-state index < -0.39 is 11.2 Å². The highest BCUT2D eigenvalue weighted by molar-refractivity contribution is 7.90. The molecule has 22 heavy (non-hydrogen) atoms. The summed E-state index contributed by atoms with van der Waals surface area (Å²) in [5, 5.41) is 3.78. The number of methoxy groups -OCH3 is 1. The van der Waals surface area contributed by atoms with Crippen molar-refractivity contribution in [3.63, 3.8) is 0 Å². The van der Waals surface area contributed by atoms with Gasteiger partial charge in [-0.25, -0.2) is 0 Å². The minimum atomic E-state index is -1.23. The van der Waals surface area contributed by atoms with E-state index in [1.165, 1.54) is 0 Å². The zero-order valence-corrected chi connectivity index (χ0v) is 13.6. The van der Waals surface area contributed by atoms with Crippen LogP contribution in [-0.4, -0.2) is 41.4 Å². The van der Waals surface area contributed by atoms with Crippen molar-refractivity contribution in [1.82, 2.24) is 9.97 Å². The van der Waals surface area contributed by atoms with Crippen molar-refractivity contribution in [3.05, 3.63) is 36.2 Å². The molecule has 1 heterocycles. The molecule has 0 saturated heterocycles. The molecule has 2 N–H and O–H groups in total. The molecule has 0 radical (unpaired) electrons. The summed E-state index contributed by atoms with van der Waals surface area (Å²) < 4.78 is 22.9. The van der Waals surface area contributed by atoms with Crippen LogP contribution < -0.4 is 10.1 Å². The summed E-state index contributed by atoms with van der Waals surface area (Å²) in [6, 6.07) is 5.70. The number of ether oxygens (including phenoxy) is 2. The number of aromatic amines is 1. The summed E-state index contributed by atoms with van der Waals surface area (Å²) in [5.41, 5.74) is 1.85. The van der Waals surface area contributed by atoms with Crippen molar-refractivity contribution in [1.29, 1.82) is 0 Å². The molecule has 0 aliphatic heterocycles. The second-order valence-corrected chi connectivity index (χ2v) is 5.90. The van der Waals surface area contributed by atoms with E-state index in [1.54, 1.807) is 19.5 Å². The maximum Gasteiger partial charge on any atom is 0.320 e. The van der Waals surface area contributed by atoms with Crippen LogP contribution in [0.1, 0.15) is 12.5 Å². The van der Waals surface area contributed by atoms with E-state index in [0.29, 0.717) is 30.7 Å². The molecule has 1 aromatic carbocycles. The Hall–Kier alpha value is -1.70. The third-order valence-corrected chi connectivity index (χ3v) is 4.28. The van der Waals surface area contributed by atoms with E-state index in [9.17, 15) is 4.55 Å². The number of hydrogen-bond donors (Lipinski definition) is 2. The van der Waals surface area contributed by atoms with E-state index in [0.717, 1.165) is 17.0 Å². The van der Waals surface area contributed by atoms with E-state index in [1.807, 2.05) is 25.1 Å². The van der Waals surface area contributed by atoms with Gasteiger partial charge in [0, 0.05) is 48.0 Å². The van der Waals surface area contributed by atoms with Crippen LogP contribution in [0.15, 0.2) is 35.7 Å². The lowest BCUT2D eigenvalue weighted by Crippen LogP contribution is -2.13. The number of rotatable bonds is 9. The van der Waals surface area contributed by atoms with Crippen molar-refractivity contribution in [2.75, 3.05) is 32.2 Å². The molecule has 2 aromatic rings. The number of imidazole rings is 1. The summed E-state index contributed by atoms with van der Waals surface area (Å²) in [6.45, 7) is 3.98. The molecule has 0 saturated carbocycles. The summed E-state index contributed by atoms with van der Waals surface area (Å²) in [4.78, 5) is 6.93. The van der Waals surface area contributed by atoms with Crippen LogP contribution in [0, 0.1) is 0 Å². The van der Waals surface area contributed by atoms with Crippen molar-refractivity contribution in [2.45, 2.75) is 17.8 Å². The number of hydrogen-bond acceptors (Lipinski definition) is 5. The Morgan fingerprint density at radius 1 is 1.41 bits per heavy atom. The van der Waals surface area contributed by atoms with Gasteiger partial charge in [0.15, 0.2) is 0 Å². The monoisotopic (exact) mass is 323 g/mol. The number of H-pyrrole nitrogens is 1. The maximum atomic E-state index is 12.3. The van der Waals surface area contributed by atoms with Crippen LogP contribution in [0.2, 0.25) is 0 Å². The summed E-state index contributed by atoms with van der Waals surface area (Å²) in [7, 11) is 1.62. The van der Waals surface area contributed by atoms with Gasteiger partial charge < -0.3 is 24.3 Å². The third-order valence-electron chi connectivity index (χ3n) is 3.05. The first-order valence-electron chi connectivity index (χ1n) is 7.11. The minimum absolute atomic E-state index is 0.363. The molecular formula is C15H21N3O3S. The van der Waals surface area contributed by atoms with Gasteiger partial charge in [0.25, 0.3) is 0 Å². The van der Waals surface area contributed by atoms with Gasteiger partial charge in [0.05, 0.1) is 13.7 Å². The van der Waals surface area contributed by atoms with Crippen LogP contribution in [0.5, 0.6) is 5.75 Å². The van der Waals surface area contributed by atoms with Gasteiger partial charge in [-0.2, -0.15) is 4.98 Å². The quantitative estimate of drug-likeness (QED) is 0.546. The Labute approximate surface area is 133 Å². The van der Waals surface area contributed by atoms with Crippen LogP contribution in [0.4, 0.5) is 5.69 Å². The first-order chi connectivity index (χ1) is 10.7. The zero-order chi connectivity index (χ0) is 15.8. The summed E-state index contributed by atoms with van der Waals surface area (Å²) in [6.07, 6.45) is 3.26. The molecule has 0 fully saturated rings. The summed E-state index contributed by atoms with van der Waals surface area (Å²) in [5.74, 6) is 1.10. The molecule has 1 unspecified atom stereocenters. The van der Waals surface area contributed by atoms with Gasteiger partial charge in [-0.05, 0) is 25.1 Å². The van der Waals surface area contributed by atoms with Crippen molar-refractivity contribution < 1.29 is 14.0 Å². The Bertz CT molecular complexity index is 563. The first-order valence-corrected chi connectivity index (χ1v) is 8.42. The van der Waals surface area contributed by atoms with Crippen molar-refractivity contribution in [3.8, 4) is 5.75 Å². The molecular weight excluding hydrogens is 302 g/mol. The van der Waals surface area contributed by atoms with Crippen LogP contribution in [0.3, 0.4) is 0 Å². The normalized spacial score (nSPS) is 12.1. The number of anilines is 1. The first kappa shape index (κ1) is 16.7. The topological polar surface area (TPSA) is 82.2 Å². The fraction of sp³-hybridized carbons (Fsp3) is 0.400. The van der Waals surface area contributed by atoms with Gasteiger partial charge >= 0.3 is 5.16 Å². The van der Waals surface area contributed by atoms with Crippen LogP contribution in [-0.2, 0) is 21.7 Å². The molecule has 2 rings (SSSR count). The Morgan fingerprint density at radius 3 is 2.95 bits per heavy atom. The third kappa shape index (κ3) is 4.66. The zero-order valence-electron chi connectivity index (χ0n) is 12.8. The smallest absolute Gasteiger partial charge is 0.320 e. The molecule has 0 aliphatic carbocycles. The average molecular weight is 323 g/mol. The SMILES string of the molecule is CCOCCNc1ccc(OC)cc1C[S+]([O-])c1ncc[nH]1. The largest absolute Gasteiger partial charge is 0.609 e. The fourth-order valence-electron chi connectivity index (χ4n) is 1.98. The Morgan fingerprint density at radius 2 is 2.27 bits per heavy atom. The van der Waals surface area contributed by atoms with E-state index >= 15 is 0 Å². The second kappa shape index (κ2) is 8.67. The predicted molar refractivity (Wildman–Crippen MR) is 86.7 cm³/mol. The van der Waals surface area contributed by atoms with Crippen LogP contribution >= 0.6 is 0 Å². The Kier molecular flexibility index (Phi) is 6.57. The molecule has 6 nitrogen and oxygen atoms in total. The Balaban J connectivity index is 2.08. The number of nitrogens with zero attached hydrogens (tertiary/aromatic N) is 1. The standard InChI is InChI=1S/C15H21N3O3S/c1-3-21-9-8-16-14-5-4-13(20-2)10-12(14)11-22(19)15-17-6-7-18-15/h4-7,10,16H,3,8-9,11H2,1-2H3,(H,17,18). The molecule has 1 atom stereocenters. The molecule has 0 spiro atoms. The highest BCUT2D eigenvalue weighted by Gasteiger charge is 2.17. The van der Waals surface area contributed by atoms with Crippen LogP contribution in [0.25, 0.3) is 0 Å². The molecule has 0 bridgehead atoms. The number of benzene rings is 1. The highest BCUT2D eigenvalue weighted by atomic mass is 32.2. The van der Waals surface area contributed by atoms with Gasteiger partial charge in [-0.15, -0.1) is 0 Å². The fourth-order valence-corrected chi connectivity index (χ4v) is 3.01. The van der Waals surface area contributed by atoms with Gasteiger partial charge in [0.1, 0.15) is 11.5 Å². The lowest BCUT2D eigenvalue weighted by atomic mass is 10.2. The average Bonchev–Trinajstić information content (AvgIpc) is 3.07. The number of nitrogens with one attached hydrogen (secondary N) is 2. The minimum Gasteiger partial charge on any atom is -0.609 e. The molecule has 0 aliphatic rings. The molecule has 7 heteroatoms. The summed E-state index contributed by atoms with van der Waals surface area (Å²) >= 11 is -1.23. The highest BCUT2D eigenvalue weighted by Crippen LogP contribution is 2.25. The van der Waals surface area contributed by atoms with Gasteiger partial charge in [0.2, 0.25) is 0 Å². The lowest BCUT2D eigenvalue weighted by molar-refractivity contribution is 0.158. The predicted octanol–water partition coefficient (Wildman–Crippen LogP) is 2.17.